The van der Waals surface area contributed by atoms with Gasteiger partial charge in [-0.2, -0.15) is 0 Å². The van der Waals surface area contributed by atoms with Crippen molar-refractivity contribution in [2.75, 3.05) is 19.6 Å². The Bertz CT molecular complexity index is 405. The number of nitrogens with zero attached hydrogens (tertiary/aromatic N) is 1. The molecule has 0 radical (unpaired) electrons. The SMILES string of the molecule is OC(CN1CCCCC1)C1(c2ccccc2)CCCC1. The smallest absolute Gasteiger partial charge is 0.0763 e. The van der Waals surface area contributed by atoms with Gasteiger partial charge in [0.15, 0.2) is 0 Å². The van der Waals surface area contributed by atoms with Gasteiger partial charge < -0.3 is 10.0 Å². The van der Waals surface area contributed by atoms with Crippen molar-refractivity contribution in [1.82, 2.24) is 4.90 Å². The van der Waals surface area contributed by atoms with Gasteiger partial charge in [0.2, 0.25) is 0 Å². The monoisotopic (exact) mass is 273 g/mol. The van der Waals surface area contributed by atoms with Crippen LogP contribution in [0.3, 0.4) is 0 Å². The van der Waals surface area contributed by atoms with E-state index in [-0.39, 0.29) is 11.5 Å². The second-order valence-electron chi connectivity index (χ2n) is 6.61. The van der Waals surface area contributed by atoms with Crippen LogP contribution in [0.5, 0.6) is 0 Å². The van der Waals surface area contributed by atoms with Crippen LogP contribution in [0.4, 0.5) is 0 Å². The topological polar surface area (TPSA) is 23.5 Å². The zero-order valence-electron chi connectivity index (χ0n) is 12.4. The van der Waals surface area contributed by atoms with Gasteiger partial charge in [0.25, 0.3) is 0 Å². The molecule has 1 saturated heterocycles. The summed E-state index contributed by atoms with van der Waals surface area (Å²) in [4.78, 5) is 2.47. The number of aliphatic hydroxyl groups is 1. The first-order chi connectivity index (χ1) is 9.81. The van der Waals surface area contributed by atoms with Crippen molar-refractivity contribution in [3.8, 4) is 0 Å². The van der Waals surface area contributed by atoms with Crippen LogP contribution in [0.15, 0.2) is 30.3 Å². The number of piperidine rings is 1. The number of aliphatic hydroxyl groups excluding tert-OH is 1. The van der Waals surface area contributed by atoms with E-state index in [1.165, 1.54) is 50.8 Å². The van der Waals surface area contributed by atoms with Crippen LogP contribution >= 0.6 is 0 Å². The number of rotatable bonds is 4. The Hall–Kier alpha value is -0.860. The van der Waals surface area contributed by atoms with Crippen molar-refractivity contribution >= 4 is 0 Å². The average Bonchev–Trinajstić information content (AvgIpc) is 3.00. The fraction of sp³-hybridized carbons (Fsp3) is 0.667. The molecule has 3 rings (SSSR count). The zero-order valence-corrected chi connectivity index (χ0v) is 12.4. The van der Waals surface area contributed by atoms with E-state index in [1.54, 1.807) is 0 Å². The van der Waals surface area contributed by atoms with E-state index < -0.39 is 0 Å². The van der Waals surface area contributed by atoms with Gasteiger partial charge in [0, 0.05) is 12.0 Å². The predicted molar refractivity (Wildman–Crippen MR) is 82.9 cm³/mol. The van der Waals surface area contributed by atoms with E-state index in [9.17, 15) is 5.11 Å². The van der Waals surface area contributed by atoms with Gasteiger partial charge in [-0.05, 0) is 44.3 Å². The molecule has 0 spiro atoms. The van der Waals surface area contributed by atoms with E-state index in [0.29, 0.717) is 0 Å². The summed E-state index contributed by atoms with van der Waals surface area (Å²) < 4.78 is 0. The number of β-amino-alcohol motifs (C(OH)–C–C–N with tert-alkyl or cyclic N) is 1. The molecule has 1 aromatic carbocycles. The van der Waals surface area contributed by atoms with Gasteiger partial charge in [-0.15, -0.1) is 0 Å². The lowest BCUT2D eigenvalue weighted by Gasteiger charge is -2.38. The van der Waals surface area contributed by atoms with E-state index in [2.05, 4.69) is 35.2 Å². The molecule has 2 aliphatic rings. The van der Waals surface area contributed by atoms with Crippen LogP contribution in [-0.2, 0) is 5.41 Å². The molecule has 1 aromatic rings. The Morgan fingerprint density at radius 1 is 0.950 bits per heavy atom. The highest BCUT2D eigenvalue weighted by atomic mass is 16.3. The molecule has 0 amide bonds. The first-order valence-electron chi connectivity index (χ1n) is 8.27. The first-order valence-corrected chi connectivity index (χ1v) is 8.27. The second-order valence-corrected chi connectivity index (χ2v) is 6.61. The highest BCUT2D eigenvalue weighted by molar-refractivity contribution is 5.28. The lowest BCUT2D eigenvalue weighted by Crippen LogP contribution is -2.46. The van der Waals surface area contributed by atoms with Gasteiger partial charge in [0.05, 0.1) is 6.10 Å². The predicted octanol–water partition coefficient (Wildman–Crippen LogP) is 3.35. The third-order valence-electron chi connectivity index (χ3n) is 5.36. The van der Waals surface area contributed by atoms with E-state index in [1.807, 2.05) is 0 Å². The maximum atomic E-state index is 11.0. The van der Waals surface area contributed by atoms with E-state index >= 15 is 0 Å². The molecule has 110 valence electrons. The van der Waals surface area contributed by atoms with Gasteiger partial charge in [-0.3, -0.25) is 0 Å². The summed E-state index contributed by atoms with van der Waals surface area (Å²) in [6.07, 6.45) is 8.54. The van der Waals surface area contributed by atoms with Crippen LogP contribution in [-0.4, -0.2) is 35.7 Å². The number of hydrogen-bond acceptors (Lipinski definition) is 2. The molecule has 0 aromatic heterocycles. The Labute approximate surface area is 122 Å². The van der Waals surface area contributed by atoms with Crippen LogP contribution in [0.25, 0.3) is 0 Å². The zero-order chi connectivity index (χ0) is 13.8. The standard InChI is InChI=1S/C18H27NO/c20-17(15-19-13-7-2-8-14-19)18(11-5-6-12-18)16-9-3-1-4-10-16/h1,3-4,9-10,17,20H,2,5-8,11-15H2. The van der Waals surface area contributed by atoms with Crippen LogP contribution in [0, 0.1) is 0 Å². The molecule has 2 fully saturated rings. The van der Waals surface area contributed by atoms with Gasteiger partial charge in [-0.25, -0.2) is 0 Å². The summed E-state index contributed by atoms with van der Waals surface area (Å²) in [5.74, 6) is 0. The third-order valence-corrected chi connectivity index (χ3v) is 5.36. The van der Waals surface area contributed by atoms with E-state index in [0.717, 1.165) is 19.4 Å². The third kappa shape index (κ3) is 2.77. The Morgan fingerprint density at radius 3 is 2.25 bits per heavy atom. The van der Waals surface area contributed by atoms with Crippen LogP contribution in [0.1, 0.15) is 50.5 Å². The van der Waals surface area contributed by atoms with Crippen LogP contribution in [0.2, 0.25) is 0 Å². The van der Waals surface area contributed by atoms with Gasteiger partial charge in [-0.1, -0.05) is 49.6 Å². The first kappa shape index (κ1) is 14.1. The summed E-state index contributed by atoms with van der Waals surface area (Å²) in [6, 6.07) is 10.7. The Morgan fingerprint density at radius 2 is 1.60 bits per heavy atom. The molecular formula is C18H27NO. The molecule has 2 heteroatoms. The molecule has 1 N–H and O–H groups in total. The molecule has 1 saturated carbocycles. The van der Waals surface area contributed by atoms with Crippen molar-refractivity contribution in [3.05, 3.63) is 35.9 Å². The molecule has 0 bridgehead atoms. The molecule has 1 unspecified atom stereocenters. The van der Waals surface area contributed by atoms with Crippen molar-refractivity contribution < 1.29 is 5.11 Å². The molecule has 1 aliphatic carbocycles. The number of likely N-dealkylation sites (tertiary alicyclic amines) is 1. The summed E-state index contributed by atoms with van der Waals surface area (Å²) >= 11 is 0. The summed E-state index contributed by atoms with van der Waals surface area (Å²) in [7, 11) is 0. The minimum absolute atomic E-state index is 0.0126. The summed E-state index contributed by atoms with van der Waals surface area (Å²) in [5.41, 5.74) is 1.36. The lowest BCUT2D eigenvalue weighted by molar-refractivity contribution is 0.0385. The van der Waals surface area contributed by atoms with Crippen molar-refractivity contribution in [3.63, 3.8) is 0 Å². The largest absolute Gasteiger partial charge is 0.391 e. The van der Waals surface area contributed by atoms with Crippen molar-refractivity contribution in [1.29, 1.82) is 0 Å². The number of hydrogen-bond donors (Lipinski definition) is 1. The fourth-order valence-electron chi connectivity index (χ4n) is 4.15. The Balaban J connectivity index is 1.76. The molecule has 1 aliphatic heterocycles. The van der Waals surface area contributed by atoms with Crippen molar-refractivity contribution in [2.24, 2.45) is 0 Å². The second kappa shape index (κ2) is 6.28. The Kier molecular flexibility index (Phi) is 4.42. The highest BCUT2D eigenvalue weighted by Crippen LogP contribution is 2.44. The maximum absolute atomic E-state index is 11.0. The quantitative estimate of drug-likeness (QED) is 0.909. The van der Waals surface area contributed by atoms with Crippen LogP contribution < -0.4 is 0 Å². The minimum Gasteiger partial charge on any atom is -0.391 e. The summed E-state index contributed by atoms with van der Waals surface area (Å²) in [5, 5.41) is 11.0. The minimum atomic E-state index is -0.217. The molecule has 20 heavy (non-hydrogen) atoms. The van der Waals surface area contributed by atoms with Crippen molar-refractivity contribution in [2.45, 2.75) is 56.5 Å². The maximum Gasteiger partial charge on any atom is 0.0763 e. The molecule has 1 heterocycles. The highest BCUT2D eigenvalue weighted by Gasteiger charge is 2.42. The molecule has 1 atom stereocenters. The van der Waals surface area contributed by atoms with Gasteiger partial charge >= 0.3 is 0 Å². The normalized spacial score (nSPS) is 24.6. The summed E-state index contributed by atoms with van der Waals surface area (Å²) in [6.45, 7) is 3.19. The van der Waals surface area contributed by atoms with E-state index in [4.69, 9.17) is 0 Å². The lowest BCUT2D eigenvalue weighted by atomic mass is 9.74. The van der Waals surface area contributed by atoms with Gasteiger partial charge in [0.1, 0.15) is 0 Å². The molecular weight excluding hydrogens is 246 g/mol. The fourth-order valence-corrected chi connectivity index (χ4v) is 4.15. The number of benzene rings is 1. The molecule has 2 nitrogen and oxygen atoms in total. The average molecular weight is 273 g/mol.